The van der Waals surface area contributed by atoms with Crippen molar-refractivity contribution in [2.24, 2.45) is 0 Å². The van der Waals surface area contributed by atoms with E-state index >= 15 is 0 Å². The van der Waals surface area contributed by atoms with Crippen LogP contribution in [0.15, 0.2) is 35.4 Å². The molecule has 2 aromatic rings. The second kappa shape index (κ2) is 4.22. The van der Waals surface area contributed by atoms with Gasteiger partial charge in [-0.3, -0.25) is 0 Å². The van der Waals surface area contributed by atoms with Crippen LogP contribution in [0.4, 0.5) is 0 Å². The van der Waals surface area contributed by atoms with Crippen LogP contribution in [0, 0.1) is 6.92 Å². The van der Waals surface area contributed by atoms with Crippen LogP contribution in [0.3, 0.4) is 0 Å². The summed E-state index contributed by atoms with van der Waals surface area (Å²) < 4.78 is 19.8. The Kier molecular flexibility index (Phi) is 2.95. The molecule has 2 rings (SSSR count). The quantitative estimate of drug-likeness (QED) is 0.820. The first-order chi connectivity index (χ1) is 7.16. The maximum absolute atomic E-state index is 10.9. The monoisotopic (exact) mass is 239 g/mol. The van der Waals surface area contributed by atoms with Crippen molar-refractivity contribution in [3.63, 3.8) is 0 Å². The second-order valence-corrected chi connectivity index (χ2v) is 5.23. The van der Waals surface area contributed by atoms with Crippen LogP contribution in [0.5, 0.6) is 0 Å². The zero-order valence-electron chi connectivity index (χ0n) is 8.01. The maximum Gasteiger partial charge on any atom is 0.186 e. The lowest BCUT2D eigenvalue weighted by molar-refractivity contribution is 0.564. The predicted octanol–water partition coefficient (Wildman–Crippen LogP) is 2.70. The van der Waals surface area contributed by atoms with Gasteiger partial charge in [-0.2, -0.15) is 0 Å². The van der Waals surface area contributed by atoms with E-state index in [9.17, 15) is 4.21 Å². The fourth-order valence-corrected chi connectivity index (χ4v) is 2.45. The highest BCUT2D eigenvalue weighted by molar-refractivity contribution is 7.79. The molecule has 1 aromatic heterocycles. The van der Waals surface area contributed by atoms with Gasteiger partial charge in [-0.25, -0.2) is 9.19 Å². The van der Waals surface area contributed by atoms with Gasteiger partial charge in [-0.1, -0.05) is 12.1 Å². The van der Waals surface area contributed by atoms with Gasteiger partial charge in [0.2, 0.25) is 0 Å². The number of hydrogen-bond acceptors (Lipinski definition) is 3. The van der Waals surface area contributed by atoms with Crippen LogP contribution in [0.25, 0.3) is 10.4 Å². The van der Waals surface area contributed by atoms with Crippen molar-refractivity contribution in [1.29, 1.82) is 0 Å². The van der Waals surface area contributed by atoms with E-state index in [4.69, 9.17) is 4.55 Å². The molecule has 78 valence electrons. The Morgan fingerprint density at radius 2 is 2.27 bits per heavy atom. The minimum absolute atomic E-state index is 0.415. The molecule has 1 atom stereocenters. The number of thiazole rings is 1. The molecule has 0 fully saturated rings. The fraction of sp³-hybridized carbons (Fsp3) is 0.100. The Morgan fingerprint density at radius 1 is 1.47 bits per heavy atom. The van der Waals surface area contributed by atoms with E-state index in [1.165, 1.54) is 0 Å². The molecular weight excluding hydrogens is 230 g/mol. The third kappa shape index (κ3) is 2.31. The highest BCUT2D eigenvalue weighted by atomic mass is 32.2. The van der Waals surface area contributed by atoms with Gasteiger partial charge in [0.05, 0.1) is 14.8 Å². The highest BCUT2D eigenvalue weighted by Crippen LogP contribution is 2.26. The van der Waals surface area contributed by atoms with E-state index < -0.39 is 11.1 Å². The van der Waals surface area contributed by atoms with E-state index in [1.807, 2.05) is 13.0 Å². The molecule has 0 spiro atoms. The first kappa shape index (κ1) is 10.5. The summed E-state index contributed by atoms with van der Waals surface area (Å²) in [6, 6.07) is 7.02. The molecule has 0 radical (unpaired) electrons. The van der Waals surface area contributed by atoms with Gasteiger partial charge in [0.1, 0.15) is 0 Å². The Morgan fingerprint density at radius 3 is 2.87 bits per heavy atom. The SMILES string of the molecule is Cc1ncc(-c2cccc(S(=O)O)c2)s1. The molecule has 5 heteroatoms. The summed E-state index contributed by atoms with van der Waals surface area (Å²) in [5, 5.41) is 0.987. The van der Waals surface area contributed by atoms with E-state index in [-0.39, 0.29) is 0 Å². The van der Waals surface area contributed by atoms with E-state index in [0.29, 0.717) is 4.90 Å². The molecule has 0 aliphatic heterocycles. The van der Waals surface area contributed by atoms with E-state index in [2.05, 4.69) is 4.98 Å². The number of hydrogen-bond donors (Lipinski definition) is 1. The summed E-state index contributed by atoms with van der Waals surface area (Å²) in [4.78, 5) is 5.58. The van der Waals surface area contributed by atoms with Gasteiger partial charge in [-0.15, -0.1) is 11.3 Å². The lowest BCUT2D eigenvalue weighted by Gasteiger charge is -1.98. The maximum atomic E-state index is 10.9. The summed E-state index contributed by atoms with van der Waals surface area (Å²) >= 11 is -0.352. The highest BCUT2D eigenvalue weighted by Gasteiger charge is 2.05. The van der Waals surface area contributed by atoms with Crippen LogP contribution in [-0.2, 0) is 11.1 Å². The predicted molar refractivity (Wildman–Crippen MR) is 61.3 cm³/mol. The van der Waals surface area contributed by atoms with Crippen molar-refractivity contribution < 1.29 is 8.76 Å². The minimum atomic E-state index is -1.92. The van der Waals surface area contributed by atoms with E-state index in [0.717, 1.165) is 15.4 Å². The first-order valence-electron chi connectivity index (χ1n) is 4.30. The molecule has 1 N–H and O–H groups in total. The third-order valence-corrected chi connectivity index (χ3v) is 3.56. The molecule has 0 aliphatic rings. The Bertz CT molecular complexity index is 508. The van der Waals surface area contributed by atoms with Crippen molar-refractivity contribution >= 4 is 22.4 Å². The summed E-state index contributed by atoms with van der Waals surface area (Å²) in [5.41, 5.74) is 0.931. The Hall–Kier alpha value is -1.04. The van der Waals surface area contributed by atoms with Gasteiger partial charge in [0.15, 0.2) is 11.1 Å². The number of rotatable bonds is 2. The summed E-state index contributed by atoms with van der Waals surface area (Å²) in [6.07, 6.45) is 1.78. The van der Waals surface area contributed by atoms with Gasteiger partial charge >= 0.3 is 0 Å². The number of benzene rings is 1. The standard InChI is InChI=1S/C10H9NO2S2/c1-7-11-6-10(14-7)8-3-2-4-9(5-8)15(12)13/h2-6H,1H3,(H,12,13). The first-order valence-corrected chi connectivity index (χ1v) is 6.23. The van der Waals surface area contributed by atoms with Gasteiger partial charge in [0.25, 0.3) is 0 Å². The summed E-state index contributed by atoms with van der Waals surface area (Å²) in [5.74, 6) is 0. The molecule has 1 aromatic carbocycles. The molecule has 0 aliphatic carbocycles. The molecular formula is C10H9NO2S2. The number of nitrogens with zero attached hydrogens (tertiary/aromatic N) is 1. The van der Waals surface area contributed by atoms with Gasteiger partial charge in [0, 0.05) is 6.20 Å². The normalized spacial score (nSPS) is 12.7. The van der Waals surface area contributed by atoms with Crippen LogP contribution >= 0.6 is 11.3 Å². The van der Waals surface area contributed by atoms with Crippen molar-refractivity contribution in [3.8, 4) is 10.4 Å². The average molecular weight is 239 g/mol. The van der Waals surface area contributed by atoms with E-state index in [1.54, 1.807) is 35.7 Å². The fourth-order valence-electron chi connectivity index (χ4n) is 1.25. The lowest BCUT2D eigenvalue weighted by Crippen LogP contribution is -1.87. The van der Waals surface area contributed by atoms with Crippen LogP contribution < -0.4 is 0 Å². The smallest absolute Gasteiger partial charge is 0.186 e. The number of aromatic nitrogens is 1. The molecule has 1 heterocycles. The summed E-state index contributed by atoms with van der Waals surface area (Å²) in [7, 11) is 0. The molecule has 0 saturated heterocycles. The van der Waals surface area contributed by atoms with Gasteiger partial charge in [-0.05, 0) is 24.6 Å². The molecule has 0 bridgehead atoms. The average Bonchev–Trinajstić information content (AvgIpc) is 2.65. The third-order valence-electron chi connectivity index (χ3n) is 1.94. The zero-order chi connectivity index (χ0) is 10.8. The molecule has 0 amide bonds. The van der Waals surface area contributed by atoms with Crippen molar-refractivity contribution in [1.82, 2.24) is 4.98 Å². The Labute approximate surface area is 94.1 Å². The van der Waals surface area contributed by atoms with Crippen molar-refractivity contribution in [2.75, 3.05) is 0 Å². The topological polar surface area (TPSA) is 50.2 Å². The lowest BCUT2D eigenvalue weighted by atomic mass is 10.2. The van der Waals surface area contributed by atoms with Crippen molar-refractivity contribution in [3.05, 3.63) is 35.5 Å². The van der Waals surface area contributed by atoms with Crippen LogP contribution in [0.1, 0.15) is 5.01 Å². The molecule has 15 heavy (non-hydrogen) atoms. The van der Waals surface area contributed by atoms with Crippen LogP contribution in [0.2, 0.25) is 0 Å². The number of aryl methyl sites for hydroxylation is 1. The van der Waals surface area contributed by atoms with Gasteiger partial charge < -0.3 is 4.55 Å². The molecule has 3 nitrogen and oxygen atoms in total. The summed E-state index contributed by atoms with van der Waals surface area (Å²) in [6.45, 7) is 1.93. The minimum Gasteiger partial charge on any atom is -0.302 e. The largest absolute Gasteiger partial charge is 0.302 e. The van der Waals surface area contributed by atoms with Crippen LogP contribution in [-0.4, -0.2) is 13.7 Å². The molecule has 1 unspecified atom stereocenters. The second-order valence-electron chi connectivity index (χ2n) is 3.02. The molecule has 0 saturated carbocycles. The Balaban J connectivity index is 2.45. The van der Waals surface area contributed by atoms with Crippen molar-refractivity contribution in [2.45, 2.75) is 11.8 Å². The zero-order valence-corrected chi connectivity index (χ0v) is 9.64.